The molecule has 0 bridgehead atoms. The maximum Gasteiger partial charge on any atom is 0.409 e. The Balaban J connectivity index is 2.07. The Morgan fingerprint density at radius 1 is 1.15 bits per heavy atom. The third kappa shape index (κ3) is 3.79. The molecule has 0 saturated heterocycles. The highest BCUT2D eigenvalue weighted by atomic mass is 32.2. The van der Waals surface area contributed by atoms with E-state index in [1.165, 1.54) is 19.1 Å². The first-order valence-corrected chi connectivity index (χ1v) is 9.68. The lowest BCUT2D eigenvalue weighted by molar-refractivity contribution is -0.173. The third-order valence-electron chi connectivity index (χ3n) is 4.37. The van der Waals surface area contributed by atoms with Gasteiger partial charge in [-0.05, 0) is 29.3 Å². The van der Waals surface area contributed by atoms with Crippen LogP contribution in [0.25, 0.3) is 0 Å². The predicted octanol–water partition coefficient (Wildman–Crippen LogP) is 4.07. The maximum absolute atomic E-state index is 13.8. The van der Waals surface area contributed by atoms with Gasteiger partial charge in [0.1, 0.15) is 17.6 Å². The van der Waals surface area contributed by atoms with Gasteiger partial charge in [-0.25, -0.2) is 12.8 Å². The van der Waals surface area contributed by atoms with Crippen LogP contribution in [0, 0.1) is 5.82 Å². The Hall–Kier alpha value is -2.13. The monoisotopic (exact) mass is 403 g/mol. The minimum absolute atomic E-state index is 0.277. The van der Waals surface area contributed by atoms with Crippen LogP contribution in [-0.4, -0.2) is 32.1 Å². The van der Waals surface area contributed by atoms with Gasteiger partial charge in [0.15, 0.2) is 0 Å². The van der Waals surface area contributed by atoms with Crippen molar-refractivity contribution in [1.29, 1.82) is 0 Å². The van der Waals surface area contributed by atoms with Crippen LogP contribution in [0.15, 0.2) is 47.4 Å². The van der Waals surface area contributed by atoms with Crippen molar-refractivity contribution < 1.29 is 30.7 Å². The summed E-state index contributed by atoms with van der Waals surface area (Å²) >= 11 is 0. The van der Waals surface area contributed by atoms with E-state index in [1.807, 2.05) is 0 Å². The minimum atomic E-state index is -4.88. The molecule has 1 aliphatic rings. The van der Waals surface area contributed by atoms with E-state index in [0.29, 0.717) is 23.1 Å². The van der Waals surface area contributed by atoms with Crippen molar-refractivity contribution in [2.45, 2.75) is 30.5 Å². The van der Waals surface area contributed by atoms with Crippen molar-refractivity contribution in [2.24, 2.45) is 0 Å². The highest BCUT2D eigenvalue weighted by molar-refractivity contribution is 7.89. The lowest BCUT2D eigenvalue weighted by Gasteiger charge is -2.31. The molecule has 0 spiro atoms. The molecule has 4 nitrogen and oxygen atoms in total. The molecular formula is C18H17F4NO3S. The van der Waals surface area contributed by atoms with Gasteiger partial charge in [-0.2, -0.15) is 17.5 Å². The largest absolute Gasteiger partial charge is 0.493 e. The van der Waals surface area contributed by atoms with E-state index in [1.54, 1.807) is 6.07 Å². The molecule has 146 valence electrons. The fraction of sp³-hybridized carbons (Fsp3) is 0.333. The molecule has 9 heteroatoms. The summed E-state index contributed by atoms with van der Waals surface area (Å²) in [5, 5.41) is 0. The zero-order chi connectivity index (χ0) is 19.8. The van der Waals surface area contributed by atoms with E-state index in [4.69, 9.17) is 4.74 Å². The van der Waals surface area contributed by atoms with Crippen LogP contribution in [0.3, 0.4) is 0 Å². The molecule has 0 N–H and O–H groups in total. The normalized spacial score (nSPS) is 15.5. The van der Waals surface area contributed by atoms with Crippen LogP contribution >= 0.6 is 0 Å². The van der Waals surface area contributed by atoms with Crippen LogP contribution < -0.4 is 4.74 Å². The molecule has 0 radical (unpaired) electrons. The molecule has 0 unspecified atom stereocenters. The zero-order valence-electron chi connectivity index (χ0n) is 14.3. The molecule has 2 aromatic rings. The summed E-state index contributed by atoms with van der Waals surface area (Å²) in [7, 11) is -4.47. The van der Waals surface area contributed by atoms with Gasteiger partial charge in [0.05, 0.1) is 11.5 Å². The molecule has 1 heterocycles. The zero-order valence-corrected chi connectivity index (χ0v) is 15.1. The van der Waals surface area contributed by atoms with Gasteiger partial charge in [0.2, 0.25) is 10.0 Å². The standard InChI is InChI=1S/C18H17F4NO3S/c1-2-23(17(18(20,21)22)13-3-6-14(19)7-4-13)27(24,25)15-8-5-12-9-10-26-16(12)11-15/h3-8,11,17H,2,9-10H2,1H3/t17-/m1/s1. The first kappa shape index (κ1) is 19.6. The number of sulfonamides is 1. The van der Waals surface area contributed by atoms with Gasteiger partial charge in [-0.3, -0.25) is 0 Å². The second-order valence-corrected chi connectivity index (χ2v) is 7.96. The average molecular weight is 403 g/mol. The van der Waals surface area contributed by atoms with Gasteiger partial charge in [-0.1, -0.05) is 25.1 Å². The van der Waals surface area contributed by atoms with E-state index in [0.717, 1.165) is 29.8 Å². The molecule has 0 aromatic heterocycles. The Morgan fingerprint density at radius 2 is 1.81 bits per heavy atom. The molecule has 1 atom stereocenters. The second kappa shape index (κ2) is 7.12. The summed E-state index contributed by atoms with van der Waals surface area (Å²) in [6, 6.07) is 5.28. The summed E-state index contributed by atoms with van der Waals surface area (Å²) in [5.41, 5.74) is 0.453. The SMILES string of the molecule is CCN([C@H](c1ccc(F)cc1)C(F)(F)F)S(=O)(=O)c1ccc2c(c1)OCC2. The van der Waals surface area contributed by atoms with Crippen LogP contribution in [0.4, 0.5) is 17.6 Å². The summed E-state index contributed by atoms with van der Waals surface area (Å²) in [4.78, 5) is -0.277. The number of rotatable bonds is 5. The number of ether oxygens (including phenoxy) is 1. The Kier molecular flexibility index (Phi) is 5.18. The Bertz CT molecular complexity index is 927. The van der Waals surface area contributed by atoms with Crippen molar-refractivity contribution >= 4 is 10.0 Å². The van der Waals surface area contributed by atoms with Crippen molar-refractivity contribution in [3.8, 4) is 5.75 Å². The quantitative estimate of drug-likeness (QED) is 0.707. The van der Waals surface area contributed by atoms with Crippen LogP contribution in [-0.2, 0) is 16.4 Å². The third-order valence-corrected chi connectivity index (χ3v) is 6.31. The number of alkyl halides is 3. The lowest BCUT2D eigenvalue weighted by atomic mass is 10.1. The number of halogens is 4. The summed E-state index contributed by atoms with van der Waals surface area (Å²) in [6.45, 7) is 1.31. The van der Waals surface area contributed by atoms with E-state index in [-0.39, 0.29) is 10.5 Å². The summed E-state index contributed by atoms with van der Waals surface area (Å²) in [5.74, 6) is -0.348. The minimum Gasteiger partial charge on any atom is -0.493 e. The Morgan fingerprint density at radius 3 is 2.41 bits per heavy atom. The average Bonchev–Trinajstić information content (AvgIpc) is 3.07. The topological polar surface area (TPSA) is 46.6 Å². The highest BCUT2D eigenvalue weighted by Crippen LogP contribution is 2.41. The molecule has 27 heavy (non-hydrogen) atoms. The molecule has 1 aliphatic heterocycles. The van der Waals surface area contributed by atoms with E-state index < -0.39 is 34.6 Å². The van der Waals surface area contributed by atoms with Crippen molar-refractivity contribution in [2.75, 3.05) is 13.2 Å². The second-order valence-electron chi connectivity index (χ2n) is 6.07. The molecule has 0 amide bonds. The van der Waals surface area contributed by atoms with Gasteiger partial charge in [-0.15, -0.1) is 0 Å². The summed E-state index contributed by atoms with van der Waals surface area (Å²) in [6.07, 6.45) is -4.26. The predicted molar refractivity (Wildman–Crippen MR) is 90.4 cm³/mol. The first-order valence-electron chi connectivity index (χ1n) is 8.24. The number of fused-ring (bicyclic) bond motifs is 1. The first-order chi connectivity index (χ1) is 12.6. The molecule has 3 rings (SSSR count). The number of hydrogen-bond donors (Lipinski definition) is 0. The maximum atomic E-state index is 13.8. The van der Waals surface area contributed by atoms with Gasteiger partial charge in [0, 0.05) is 19.0 Å². The highest BCUT2D eigenvalue weighted by Gasteiger charge is 2.48. The van der Waals surface area contributed by atoms with Crippen LogP contribution in [0.2, 0.25) is 0 Å². The van der Waals surface area contributed by atoms with E-state index >= 15 is 0 Å². The number of hydrogen-bond acceptors (Lipinski definition) is 3. The number of benzene rings is 2. The number of nitrogens with zero attached hydrogens (tertiary/aromatic N) is 1. The van der Waals surface area contributed by atoms with Crippen LogP contribution in [0.1, 0.15) is 24.1 Å². The molecule has 2 aromatic carbocycles. The summed E-state index contributed by atoms with van der Waals surface area (Å²) < 4.78 is 86.2. The molecule has 0 saturated carbocycles. The van der Waals surface area contributed by atoms with Crippen LogP contribution in [0.5, 0.6) is 5.75 Å². The molecular weight excluding hydrogens is 386 g/mol. The smallest absolute Gasteiger partial charge is 0.409 e. The van der Waals surface area contributed by atoms with Gasteiger partial charge in [0.25, 0.3) is 0 Å². The Labute approximate surface area is 154 Å². The van der Waals surface area contributed by atoms with Crippen molar-refractivity contribution in [3.05, 3.63) is 59.4 Å². The van der Waals surface area contributed by atoms with Crippen molar-refractivity contribution in [3.63, 3.8) is 0 Å². The van der Waals surface area contributed by atoms with Gasteiger partial charge >= 0.3 is 6.18 Å². The molecule has 0 fully saturated rings. The van der Waals surface area contributed by atoms with Gasteiger partial charge < -0.3 is 4.74 Å². The van der Waals surface area contributed by atoms with Crippen molar-refractivity contribution in [1.82, 2.24) is 4.31 Å². The fourth-order valence-electron chi connectivity index (χ4n) is 3.10. The van der Waals surface area contributed by atoms with E-state index in [9.17, 15) is 26.0 Å². The van der Waals surface area contributed by atoms with E-state index in [2.05, 4.69) is 0 Å². The fourth-order valence-corrected chi connectivity index (χ4v) is 4.72. The molecule has 0 aliphatic carbocycles. The lowest BCUT2D eigenvalue weighted by Crippen LogP contribution is -2.42.